The number of nitro benzene ring substituents is 1. The zero-order chi connectivity index (χ0) is 19.0. The quantitative estimate of drug-likeness (QED) is 0.501. The van der Waals surface area contributed by atoms with Crippen LogP contribution in [0.2, 0.25) is 5.02 Å². The first-order chi connectivity index (χ1) is 13.0. The zero-order valence-electron chi connectivity index (χ0n) is 14.1. The molecule has 136 valence electrons. The van der Waals surface area contributed by atoms with Crippen molar-refractivity contribution >= 4 is 23.2 Å². The first-order valence-electron chi connectivity index (χ1n) is 8.30. The molecular weight excluding hydrogens is 370 g/mol. The van der Waals surface area contributed by atoms with Crippen molar-refractivity contribution in [2.45, 2.75) is 13.0 Å². The maximum absolute atomic E-state index is 12.9. The van der Waals surface area contributed by atoms with Gasteiger partial charge in [-0.15, -0.1) is 0 Å². The van der Waals surface area contributed by atoms with E-state index in [1.54, 1.807) is 29.2 Å². The number of hydrogen-bond acceptors (Lipinski definition) is 5. The molecule has 0 aliphatic carbocycles. The first kappa shape index (κ1) is 17.2. The van der Waals surface area contributed by atoms with Crippen LogP contribution in [0.4, 0.5) is 5.69 Å². The summed E-state index contributed by atoms with van der Waals surface area (Å²) in [6.45, 7) is 0.701. The molecule has 0 atom stereocenters. The fraction of sp³-hybridized carbons (Fsp3) is 0.158. The molecule has 0 N–H and O–H groups in total. The number of amides is 1. The monoisotopic (exact) mass is 383 g/mol. The fourth-order valence-electron chi connectivity index (χ4n) is 3.20. The molecule has 1 aliphatic rings. The summed E-state index contributed by atoms with van der Waals surface area (Å²) in [5, 5.41) is 16.0. The van der Waals surface area contributed by atoms with Crippen LogP contribution in [0.15, 0.2) is 53.1 Å². The molecule has 27 heavy (non-hydrogen) atoms. The highest BCUT2D eigenvalue weighted by Crippen LogP contribution is 2.32. The van der Waals surface area contributed by atoms with Gasteiger partial charge in [0.25, 0.3) is 11.6 Å². The van der Waals surface area contributed by atoms with E-state index in [0.29, 0.717) is 23.7 Å². The van der Waals surface area contributed by atoms with Crippen molar-refractivity contribution in [3.8, 4) is 11.3 Å². The van der Waals surface area contributed by atoms with E-state index >= 15 is 0 Å². The smallest absolute Gasteiger partial charge is 0.282 e. The average molecular weight is 384 g/mol. The van der Waals surface area contributed by atoms with Gasteiger partial charge in [-0.1, -0.05) is 28.9 Å². The Kier molecular flexibility index (Phi) is 4.37. The molecular formula is C19H14ClN3O4. The Hall–Kier alpha value is -3.19. The molecule has 4 rings (SSSR count). The predicted octanol–water partition coefficient (Wildman–Crippen LogP) is 4.10. The van der Waals surface area contributed by atoms with E-state index in [4.69, 9.17) is 16.1 Å². The van der Waals surface area contributed by atoms with E-state index in [0.717, 1.165) is 16.8 Å². The van der Waals surface area contributed by atoms with E-state index in [1.807, 2.05) is 12.1 Å². The number of nitro groups is 1. The van der Waals surface area contributed by atoms with Crippen LogP contribution in [0.5, 0.6) is 0 Å². The van der Waals surface area contributed by atoms with Gasteiger partial charge in [0.1, 0.15) is 5.56 Å². The summed E-state index contributed by atoms with van der Waals surface area (Å²) in [4.78, 5) is 25.2. The molecule has 2 heterocycles. The minimum Gasteiger partial charge on any atom is -0.356 e. The van der Waals surface area contributed by atoms with Crippen molar-refractivity contribution in [1.82, 2.24) is 10.1 Å². The van der Waals surface area contributed by atoms with Crippen LogP contribution >= 0.6 is 11.6 Å². The van der Waals surface area contributed by atoms with Gasteiger partial charge < -0.3 is 9.42 Å². The summed E-state index contributed by atoms with van der Waals surface area (Å²) < 4.78 is 5.50. The van der Waals surface area contributed by atoms with Gasteiger partial charge in [-0.05, 0) is 30.3 Å². The highest BCUT2D eigenvalue weighted by atomic mass is 35.5. The van der Waals surface area contributed by atoms with Gasteiger partial charge in [0.2, 0.25) is 0 Å². The SMILES string of the molecule is O=C(c1ccccc1[N+](=O)[O-])N1CCc2noc(-c3ccc(Cl)cc3)c2C1. The highest BCUT2D eigenvalue weighted by Gasteiger charge is 2.30. The third-order valence-corrected chi connectivity index (χ3v) is 4.81. The Morgan fingerprint density at radius 1 is 1.19 bits per heavy atom. The first-order valence-corrected chi connectivity index (χ1v) is 8.68. The number of hydrogen-bond donors (Lipinski definition) is 0. The molecule has 0 spiro atoms. The van der Waals surface area contributed by atoms with Crippen molar-refractivity contribution in [1.29, 1.82) is 0 Å². The minimum atomic E-state index is -0.541. The van der Waals surface area contributed by atoms with Gasteiger partial charge in [0.15, 0.2) is 5.76 Å². The number of nitrogens with zero attached hydrogens (tertiary/aromatic N) is 3. The molecule has 1 aromatic heterocycles. The lowest BCUT2D eigenvalue weighted by atomic mass is 10.0. The third-order valence-electron chi connectivity index (χ3n) is 4.56. The van der Waals surface area contributed by atoms with E-state index < -0.39 is 4.92 Å². The van der Waals surface area contributed by atoms with Gasteiger partial charge in [0, 0.05) is 35.2 Å². The molecule has 0 radical (unpaired) electrons. The number of halogens is 1. The molecule has 2 aromatic carbocycles. The number of fused-ring (bicyclic) bond motifs is 1. The summed E-state index contributed by atoms with van der Waals surface area (Å²) in [6, 6.07) is 13.1. The Morgan fingerprint density at radius 3 is 2.67 bits per heavy atom. The zero-order valence-corrected chi connectivity index (χ0v) is 14.8. The van der Waals surface area contributed by atoms with Gasteiger partial charge in [-0.25, -0.2) is 0 Å². The number of para-hydroxylation sites is 1. The summed E-state index contributed by atoms with van der Waals surface area (Å²) in [5.74, 6) is 0.206. The van der Waals surface area contributed by atoms with Gasteiger partial charge in [-0.2, -0.15) is 0 Å². The largest absolute Gasteiger partial charge is 0.356 e. The lowest BCUT2D eigenvalue weighted by Gasteiger charge is -2.26. The Labute approximate surface area is 159 Å². The second kappa shape index (κ2) is 6.85. The summed E-state index contributed by atoms with van der Waals surface area (Å²) >= 11 is 5.94. The Balaban J connectivity index is 1.66. The number of rotatable bonds is 3. The summed E-state index contributed by atoms with van der Waals surface area (Å²) in [7, 11) is 0. The predicted molar refractivity (Wildman–Crippen MR) is 98.5 cm³/mol. The molecule has 0 saturated carbocycles. The van der Waals surface area contributed by atoms with Gasteiger partial charge in [0.05, 0.1) is 17.2 Å². The average Bonchev–Trinajstić information content (AvgIpc) is 3.11. The van der Waals surface area contributed by atoms with Crippen molar-refractivity contribution in [2.75, 3.05) is 6.54 Å². The number of aromatic nitrogens is 1. The Morgan fingerprint density at radius 2 is 1.93 bits per heavy atom. The maximum Gasteiger partial charge on any atom is 0.282 e. The topological polar surface area (TPSA) is 89.5 Å². The maximum atomic E-state index is 12.9. The summed E-state index contributed by atoms with van der Waals surface area (Å²) in [5.41, 5.74) is 2.31. The van der Waals surface area contributed by atoms with Crippen LogP contribution in [0.1, 0.15) is 21.6 Å². The molecule has 1 amide bonds. The molecule has 3 aromatic rings. The molecule has 0 saturated heterocycles. The van der Waals surface area contributed by atoms with Crippen LogP contribution in [0.25, 0.3) is 11.3 Å². The molecule has 0 bridgehead atoms. The fourth-order valence-corrected chi connectivity index (χ4v) is 3.32. The second-order valence-electron chi connectivity index (χ2n) is 6.19. The van der Waals surface area contributed by atoms with Crippen molar-refractivity contribution in [2.24, 2.45) is 0 Å². The van der Waals surface area contributed by atoms with Crippen LogP contribution < -0.4 is 0 Å². The van der Waals surface area contributed by atoms with Crippen molar-refractivity contribution < 1.29 is 14.2 Å². The molecule has 1 aliphatic heterocycles. The number of carbonyl (C=O) groups excluding carboxylic acids is 1. The van der Waals surface area contributed by atoms with Gasteiger partial charge >= 0.3 is 0 Å². The molecule has 8 heteroatoms. The normalized spacial score (nSPS) is 13.3. The van der Waals surface area contributed by atoms with Crippen LogP contribution in [0, 0.1) is 10.1 Å². The van der Waals surface area contributed by atoms with Crippen LogP contribution in [-0.2, 0) is 13.0 Å². The van der Waals surface area contributed by atoms with E-state index in [-0.39, 0.29) is 23.7 Å². The number of carbonyl (C=O) groups is 1. The van der Waals surface area contributed by atoms with Crippen molar-refractivity contribution in [3.05, 3.63) is 80.5 Å². The Bertz CT molecular complexity index is 1030. The van der Waals surface area contributed by atoms with E-state index in [2.05, 4.69) is 5.16 Å². The summed E-state index contributed by atoms with van der Waals surface area (Å²) in [6.07, 6.45) is 0.527. The van der Waals surface area contributed by atoms with Gasteiger partial charge in [-0.3, -0.25) is 14.9 Å². The third kappa shape index (κ3) is 3.17. The molecule has 0 unspecified atom stereocenters. The molecule has 0 fully saturated rings. The highest BCUT2D eigenvalue weighted by molar-refractivity contribution is 6.30. The standard InChI is InChI=1S/C19H14ClN3O4/c20-13-7-5-12(6-8-13)18-15-11-22(10-9-16(15)21-27-18)19(24)14-3-1-2-4-17(14)23(25)26/h1-8H,9-11H2. The lowest BCUT2D eigenvalue weighted by molar-refractivity contribution is -0.385. The lowest BCUT2D eigenvalue weighted by Crippen LogP contribution is -2.36. The van der Waals surface area contributed by atoms with Crippen LogP contribution in [-0.4, -0.2) is 27.4 Å². The molecule has 7 nitrogen and oxygen atoms in total. The van der Waals surface area contributed by atoms with Crippen molar-refractivity contribution in [3.63, 3.8) is 0 Å². The van der Waals surface area contributed by atoms with E-state index in [1.165, 1.54) is 12.1 Å². The minimum absolute atomic E-state index is 0.0791. The van der Waals surface area contributed by atoms with Crippen LogP contribution in [0.3, 0.4) is 0 Å². The van der Waals surface area contributed by atoms with E-state index in [9.17, 15) is 14.9 Å². The second-order valence-corrected chi connectivity index (χ2v) is 6.63. The number of benzene rings is 2.